The van der Waals surface area contributed by atoms with Crippen molar-refractivity contribution in [2.45, 2.75) is 52.0 Å². The molecule has 0 aliphatic heterocycles. The molecule has 0 amide bonds. The van der Waals surface area contributed by atoms with Crippen LogP contribution in [-0.4, -0.2) is 15.6 Å². The monoisotopic (exact) mass is 266 g/mol. The van der Waals surface area contributed by atoms with Crippen LogP contribution in [-0.2, 0) is 0 Å². The number of nitrogens with zero attached hydrogens (tertiary/aromatic N) is 2. The lowest BCUT2D eigenvalue weighted by Crippen LogP contribution is -2.12. The molecule has 3 nitrogen and oxygen atoms in total. The second-order valence-electron chi connectivity index (χ2n) is 5.11. The number of halogens is 1. The zero-order chi connectivity index (χ0) is 13.1. The maximum absolute atomic E-state index is 12.3. The van der Waals surface area contributed by atoms with Crippen LogP contribution in [0, 0.1) is 0 Å². The van der Waals surface area contributed by atoms with Gasteiger partial charge in [-0.3, -0.25) is 9.48 Å². The Morgan fingerprint density at radius 1 is 1.39 bits per heavy atom. The molecule has 0 spiro atoms. The van der Waals surface area contributed by atoms with Crippen LogP contribution >= 0.6 is 11.6 Å². The maximum atomic E-state index is 12.3. The lowest BCUT2D eigenvalue weighted by molar-refractivity contribution is 0.103. The Bertz CT molecular complexity index is 466. The molecular weight excluding hydrogens is 248 g/mol. The Morgan fingerprint density at radius 2 is 2.06 bits per heavy atom. The lowest BCUT2D eigenvalue weighted by atomic mass is 9.94. The number of ketones is 1. The fraction of sp³-hybridized carbons (Fsp3) is 0.571. The number of hydrogen-bond donors (Lipinski definition) is 0. The minimum atomic E-state index is -0.0110. The van der Waals surface area contributed by atoms with Crippen LogP contribution in [0.2, 0.25) is 5.02 Å². The molecule has 0 saturated heterocycles. The van der Waals surface area contributed by atoms with Gasteiger partial charge >= 0.3 is 0 Å². The fourth-order valence-electron chi connectivity index (χ4n) is 2.37. The predicted molar refractivity (Wildman–Crippen MR) is 73.1 cm³/mol. The minimum Gasteiger partial charge on any atom is -0.287 e. The number of hydrogen-bond acceptors (Lipinski definition) is 2. The van der Waals surface area contributed by atoms with Crippen molar-refractivity contribution in [2.75, 3.05) is 0 Å². The summed E-state index contributed by atoms with van der Waals surface area (Å²) in [6.07, 6.45) is 9.05. The van der Waals surface area contributed by atoms with Gasteiger partial charge in [0.2, 0.25) is 5.78 Å². The molecule has 18 heavy (non-hydrogen) atoms. The molecule has 1 aromatic rings. The largest absolute Gasteiger partial charge is 0.287 e. The summed E-state index contributed by atoms with van der Waals surface area (Å²) in [5, 5.41) is 4.61. The van der Waals surface area contributed by atoms with E-state index in [0.29, 0.717) is 10.7 Å². The van der Waals surface area contributed by atoms with Crippen LogP contribution < -0.4 is 0 Å². The van der Waals surface area contributed by atoms with Crippen molar-refractivity contribution in [1.82, 2.24) is 9.78 Å². The Morgan fingerprint density at radius 3 is 2.67 bits per heavy atom. The Balaban J connectivity index is 2.25. The highest BCUT2D eigenvalue weighted by molar-refractivity contribution is 6.34. The molecule has 1 saturated carbocycles. The molecule has 0 aromatic carbocycles. The average molecular weight is 267 g/mol. The molecule has 1 aliphatic rings. The van der Waals surface area contributed by atoms with Gasteiger partial charge in [0.1, 0.15) is 5.69 Å². The molecule has 0 unspecified atom stereocenters. The third kappa shape index (κ3) is 2.83. The van der Waals surface area contributed by atoms with Gasteiger partial charge in [0.25, 0.3) is 0 Å². The van der Waals surface area contributed by atoms with Gasteiger partial charge in [0, 0.05) is 6.04 Å². The zero-order valence-corrected chi connectivity index (χ0v) is 11.7. The third-order valence-electron chi connectivity index (χ3n) is 3.30. The summed E-state index contributed by atoms with van der Waals surface area (Å²) in [7, 11) is 0. The number of rotatable bonds is 3. The average Bonchev–Trinajstić information content (AvgIpc) is 2.72. The van der Waals surface area contributed by atoms with Crippen molar-refractivity contribution in [2.24, 2.45) is 0 Å². The molecule has 0 atom stereocenters. The lowest BCUT2D eigenvalue weighted by Gasteiger charge is -2.14. The second-order valence-corrected chi connectivity index (χ2v) is 5.51. The van der Waals surface area contributed by atoms with Gasteiger partial charge in [-0.15, -0.1) is 0 Å². The Hall–Kier alpha value is -1.09. The van der Waals surface area contributed by atoms with Gasteiger partial charge in [-0.05, 0) is 45.6 Å². The number of carbonyl (C=O) groups excluding carboxylic acids is 1. The summed E-state index contributed by atoms with van der Waals surface area (Å²) in [4.78, 5) is 12.3. The normalized spacial score (nSPS) is 16.1. The highest BCUT2D eigenvalue weighted by atomic mass is 35.5. The van der Waals surface area contributed by atoms with Crippen LogP contribution in [0.25, 0.3) is 0 Å². The molecule has 2 rings (SSSR count). The van der Waals surface area contributed by atoms with Crippen LogP contribution in [0.4, 0.5) is 0 Å². The van der Waals surface area contributed by atoms with Crippen molar-refractivity contribution in [3.63, 3.8) is 0 Å². The molecule has 1 aromatic heterocycles. The van der Waals surface area contributed by atoms with Crippen molar-refractivity contribution >= 4 is 17.4 Å². The first-order valence-electron chi connectivity index (χ1n) is 6.56. The molecule has 1 aliphatic carbocycles. The van der Waals surface area contributed by atoms with Gasteiger partial charge in [-0.1, -0.05) is 23.6 Å². The SMILES string of the molecule is CC(C)n1ncc(Cl)c1C(=O)C=C1CCCCC1. The fourth-order valence-corrected chi connectivity index (χ4v) is 2.59. The second kappa shape index (κ2) is 5.70. The topological polar surface area (TPSA) is 34.9 Å². The number of carbonyl (C=O) groups is 1. The summed E-state index contributed by atoms with van der Waals surface area (Å²) >= 11 is 6.07. The first-order chi connectivity index (χ1) is 8.59. The molecule has 1 heterocycles. The van der Waals surface area contributed by atoms with Gasteiger partial charge in [-0.25, -0.2) is 0 Å². The zero-order valence-electron chi connectivity index (χ0n) is 10.9. The first-order valence-corrected chi connectivity index (χ1v) is 6.94. The maximum Gasteiger partial charge on any atom is 0.205 e. The van der Waals surface area contributed by atoms with Crippen molar-refractivity contribution in [3.8, 4) is 0 Å². The highest BCUT2D eigenvalue weighted by Crippen LogP contribution is 2.25. The Labute approximate surface area is 113 Å². The van der Waals surface area contributed by atoms with E-state index in [9.17, 15) is 4.79 Å². The highest BCUT2D eigenvalue weighted by Gasteiger charge is 2.18. The Kier molecular flexibility index (Phi) is 4.23. The summed E-state index contributed by atoms with van der Waals surface area (Å²) in [6.45, 7) is 3.99. The van der Waals surface area contributed by atoms with E-state index in [1.807, 2.05) is 13.8 Å². The molecule has 98 valence electrons. The van der Waals surface area contributed by atoms with Gasteiger partial charge < -0.3 is 0 Å². The van der Waals surface area contributed by atoms with E-state index >= 15 is 0 Å². The van der Waals surface area contributed by atoms with E-state index in [4.69, 9.17) is 11.6 Å². The van der Waals surface area contributed by atoms with E-state index < -0.39 is 0 Å². The molecule has 0 bridgehead atoms. The van der Waals surface area contributed by atoms with Crippen LogP contribution in [0.1, 0.15) is 62.5 Å². The summed E-state index contributed by atoms with van der Waals surface area (Å²) in [5.74, 6) is -0.0110. The molecule has 1 fully saturated rings. The van der Waals surface area contributed by atoms with Crippen LogP contribution in [0.15, 0.2) is 17.8 Å². The van der Waals surface area contributed by atoms with Crippen LogP contribution in [0.3, 0.4) is 0 Å². The third-order valence-corrected chi connectivity index (χ3v) is 3.58. The number of aromatic nitrogens is 2. The predicted octanol–water partition coefficient (Wildman–Crippen LogP) is 4.19. The van der Waals surface area contributed by atoms with Crippen molar-refractivity contribution in [3.05, 3.63) is 28.6 Å². The van der Waals surface area contributed by atoms with E-state index in [1.54, 1.807) is 17.0 Å². The van der Waals surface area contributed by atoms with Gasteiger partial charge in [0.15, 0.2) is 0 Å². The molecule has 0 radical (unpaired) electrons. The van der Waals surface area contributed by atoms with E-state index in [0.717, 1.165) is 12.8 Å². The molecular formula is C14H19ClN2O. The molecule has 4 heteroatoms. The van der Waals surface area contributed by atoms with Gasteiger partial charge in [-0.2, -0.15) is 5.10 Å². The summed E-state index contributed by atoms with van der Waals surface area (Å²) in [6, 6.07) is 0.140. The minimum absolute atomic E-state index is 0.0110. The van der Waals surface area contributed by atoms with Gasteiger partial charge in [0.05, 0.1) is 11.2 Å². The van der Waals surface area contributed by atoms with Crippen LogP contribution in [0.5, 0.6) is 0 Å². The standard InChI is InChI=1S/C14H19ClN2O/c1-10(2)17-14(12(15)9-16-17)13(18)8-11-6-4-3-5-7-11/h8-10H,3-7H2,1-2H3. The van der Waals surface area contributed by atoms with Crippen molar-refractivity contribution in [1.29, 1.82) is 0 Å². The smallest absolute Gasteiger partial charge is 0.205 e. The quantitative estimate of drug-likeness (QED) is 0.607. The number of allylic oxidation sites excluding steroid dienone is 2. The van der Waals surface area contributed by atoms with E-state index in [-0.39, 0.29) is 11.8 Å². The molecule has 0 N–H and O–H groups in total. The van der Waals surface area contributed by atoms with Crippen molar-refractivity contribution < 1.29 is 4.79 Å². The van der Waals surface area contributed by atoms with E-state index in [1.165, 1.54) is 24.8 Å². The first kappa shape index (κ1) is 13.3. The summed E-state index contributed by atoms with van der Waals surface area (Å²) < 4.78 is 1.70. The van der Waals surface area contributed by atoms with E-state index in [2.05, 4.69) is 5.10 Å². The summed E-state index contributed by atoms with van der Waals surface area (Å²) in [5.41, 5.74) is 1.77.